The zero-order chi connectivity index (χ0) is 9.26. The summed E-state index contributed by atoms with van der Waals surface area (Å²) in [6.45, 7) is 0. The lowest BCUT2D eigenvalue weighted by Crippen LogP contribution is -2.16. The quantitative estimate of drug-likeness (QED) is 0.495. The first-order valence-corrected chi connectivity index (χ1v) is 5.75. The maximum absolute atomic E-state index is 11.0. The monoisotopic (exact) mass is 213 g/mol. The number of hydrogen-bond acceptors (Lipinski definition) is 3. The predicted octanol–water partition coefficient (Wildman–Crippen LogP) is 2.99. The van der Waals surface area contributed by atoms with Crippen LogP contribution in [-0.4, -0.2) is 10.2 Å². The Morgan fingerprint density at radius 2 is 1.92 bits per heavy atom. The van der Waals surface area contributed by atoms with Crippen molar-refractivity contribution in [1.82, 2.24) is 5.32 Å². The van der Waals surface area contributed by atoms with Crippen molar-refractivity contribution in [3.8, 4) is 0 Å². The van der Waals surface area contributed by atoms with Gasteiger partial charge in [0.05, 0.1) is 4.91 Å². The number of thiocarbonyl (C=S) groups is 1. The Bertz CT molecular complexity index is 288. The Balaban J connectivity index is 2.21. The Morgan fingerprint density at radius 3 is 2.46 bits per heavy atom. The third kappa shape index (κ3) is 1.94. The van der Waals surface area contributed by atoms with Crippen molar-refractivity contribution in [1.29, 1.82) is 0 Å². The molecule has 1 aliphatic carbocycles. The van der Waals surface area contributed by atoms with Gasteiger partial charge < -0.3 is 5.32 Å². The second-order valence-electron chi connectivity index (χ2n) is 3.34. The molecule has 0 aromatic rings. The van der Waals surface area contributed by atoms with Gasteiger partial charge in [-0.1, -0.05) is 24.2 Å². The lowest BCUT2D eigenvalue weighted by molar-refractivity contribution is 0.265. The molecule has 70 valence electrons. The van der Waals surface area contributed by atoms with Crippen molar-refractivity contribution in [3.05, 3.63) is 10.5 Å². The standard InChI is InChI=1S/C9H11NOS2/c11-9-10-8(12)7(13-9)6-4-2-1-3-5-6/h1-5H2,(H,10,11,12). The number of carbonyl (C=O) groups is 1. The highest BCUT2D eigenvalue weighted by molar-refractivity contribution is 8.19. The lowest BCUT2D eigenvalue weighted by Gasteiger charge is -2.15. The van der Waals surface area contributed by atoms with Gasteiger partial charge in [-0.2, -0.15) is 0 Å². The first-order valence-electron chi connectivity index (χ1n) is 4.52. The fraction of sp³-hybridized carbons (Fsp3) is 0.556. The summed E-state index contributed by atoms with van der Waals surface area (Å²) in [5.41, 5.74) is 1.39. The van der Waals surface area contributed by atoms with Crippen molar-refractivity contribution < 1.29 is 4.79 Å². The van der Waals surface area contributed by atoms with Crippen LogP contribution in [0.3, 0.4) is 0 Å². The van der Waals surface area contributed by atoms with Gasteiger partial charge in [0.15, 0.2) is 0 Å². The van der Waals surface area contributed by atoms with E-state index in [2.05, 4.69) is 5.32 Å². The summed E-state index contributed by atoms with van der Waals surface area (Å²) in [5, 5.41) is 2.65. The molecule has 2 aliphatic rings. The van der Waals surface area contributed by atoms with Gasteiger partial charge in [-0.3, -0.25) is 4.79 Å². The maximum Gasteiger partial charge on any atom is 0.289 e. The van der Waals surface area contributed by atoms with Crippen molar-refractivity contribution in [2.24, 2.45) is 0 Å². The molecule has 0 spiro atoms. The summed E-state index contributed by atoms with van der Waals surface area (Å²) in [6, 6.07) is 0. The first-order chi connectivity index (χ1) is 6.27. The molecule has 1 N–H and O–H groups in total. The molecule has 2 fully saturated rings. The second-order valence-corrected chi connectivity index (χ2v) is 4.73. The molecule has 0 radical (unpaired) electrons. The summed E-state index contributed by atoms with van der Waals surface area (Å²) in [5.74, 6) is 0. The number of hydrogen-bond donors (Lipinski definition) is 1. The highest BCUT2D eigenvalue weighted by Crippen LogP contribution is 2.34. The summed E-state index contributed by atoms with van der Waals surface area (Å²) < 4.78 is 0. The van der Waals surface area contributed by atoms with E-state index in [-0.39, 0.29) is 5.24 Å². The third-order valence-corrected chi connectivity index (χ3v) is 3.81. The number of allylic oxidation sites excluding steroid dienone is 1. The van der Waals surface area contributed by atoms with Gasteiger partial charge in [0.2, 0.25) is 0 Å². The van der Waals surface area contributed by atoms with E-state index in [1.165, 1.54) is 36.6 Å². The van der Waals surface area contributed by atoms with E-state index in [1.807, 2.05) is 0 Å². The van der Waals surface area contributed by atoms with Crippen molar-refractivity contribution >= 4 is 34.2 Å². The Labute approximate surface area is 87.2 Å². The van der Waals surface area contributed by atoms with E-state index in [9.17, 15) is 4.79 Å². The molecule has 0 unspecified atom stereocenters. The molecule has 2 nitrogen and oxygen atoms in total. The minimum absolute atomic E-state index is 0.0157. The fourth-order valence-corrected chi connectivity index (χ4v) is 3.01. The largest absolute Gasteiger partial charge is 0.307 e. The fourth-order valence-electron chi connectivity index (χ4n) is 1.75. The van der Waals surface area contributed by atoms with Crippen LogP contribution in [0.25, 0.3) is 0 Å². The molecule has 1 heterocycles. The highest BCUT2D eigenvalue weighted by Gasteiger charge is 2.25. The molecule has 13 heavy (non-hydrogen) atoms. The Morgan fingerprint density at radius 1 is 1.23 bits per heavy atom. The van der Waals surface area contributed by atoms with Crippen LogP contribution in [0.4, 0.5) is 4.79 Å². The normalized spacial score (nSPS) is 23.7. The number of amides is 1. The second kappa shape index (κ2) is 3.80. The SMILES string of the molecule is O=C1NC(=S)C(=C2CCCCC2)S1. The van der Waals surface area contributed by atoms with Crippen molar-refractivity contribution in [3.63, 3.8) is 0 Å². The lowest BCUT2D eigenvalue weighted by atomic mass is 9.94. The van der Waals surface area contributed by atoms with Crippen LogP contribution in [0.15, 0.2) is 10.5 Å². The summed E-state index contributed by atoms with van der Waals surface area (Å²) in [7, 11) is 0. The van der Waals surface area contributed by atoms with Gasteiger partial charge in [-0.15, -0.1) is 0 Å². The zero-order valence-electron chi connectivity index (χ0n) is 7.26. The molecule has 1 saturated carbocycles. The van der Waals surface area contributed by atoms with Crippen molar-refractivity contribution in [2.75, 3.05) is 0 Å². The molecule has 2 rings (SSSR count). The molecular weight excluding hydrogens is 202 g/mol. The van der Waals surface area contributed by atoms with Gasteiger partial charge in [-0.05, 0) is 37.4 Å². The number of rotatable bonds is 0. The summed E-state index contributed by atoms with van der Waals surface area (Å²) in [6.07, 6.45) is 6.05. The van der Waals surface area contributed by atoms with E-state index < -0.39 is 0 Å². The Hall–Kier alpha value is -0.350. The minimum Gasteiger partial charge on any atom is -0.307 e. The number of nitrogens with one attached hydrogen (secondary N) is 1. The number of thioether (sulfide) groups is 1. The average Bonchev–Trinajstić information content (AvgIpc) is 2.47. The first kappa shape index (κ1) is 9.21. The third-order valence-electron chi connectivity index (χ3n) is 2.39. The maximum atomic E-state index is 11.0. The number of carbonyl (C=O) groups excluding carboxylic acids is 1. The van der Waals surface area contributed by atoms with Crippen LogP contribution in [0.1, 0.15) is 32.1 Å². The summed E-state index contributed by atoms with van der Waals surface area (Å²) in [4.78, 5) is 12.7. The molecule has 1 saturated heterocycles. The van der Waals surface area contributed by atoms with Crippen LogP contribution in [0.2, 0.25) is 0 Å². The molecule has 0 atom stereocenters. The van der Waals surface area contributed by atoms with E-state index in [4.69, 9.17) is 12.2 Å². The molecule has 0 aromatic carbocycles. The van der Waals surface area contributed by atoms with E-state index in [0.717, 1.165) is 17.7 Å². The Kier molecular flexibility index (Phi) is 2.69. The molecule has 4 heteroatoms. The topological polar surface area (TPSA) is 29.1 Å². The van der Waals surface area contributed by atoms with Crippen LogP contribution in [0, 0.1) is 0 Å². The zero-order valence-corrected chi connectivity index (χ0v) is 8.89. The molecule has 1 amide bonds. The van der Waals surface area contributed by atoms with Gasteiger partial charge in [0.1, 0.15) is 4.99 Å². The van der Waals surface area contributed by atoms with Gasteiger partial charge >= 0.3 is 0 Å². The van der Waals surface area contributed by atoms with Crippen LogP contribution < -0.4 is 5.32 Å². The van der Waals surface area contributed by atoms with Crippen LogP contribution in [-0.2, 0) is 0 Å². The summed E-state index contributed by atoms with van der Waals surface area (Å²) >= 11 is 6.36. The van der Waals surface area contributed by atoms with Crippen molar-refractivity contribution in [2.45, 2.75) is 32.1 Å². The molecule has 0 aromatic heterocycles. The van der Waals surface area contributed by atoms with Gasteiger partial charge in [0, 0.05) is 0 Å². The van der Waals surface area contributed by atoms with Crippen LogP contribution in [0.5, 0.6) is 0 Å². The minimum atomic E-state index is -0.0157. The highest BCUT2D eigenvalue weighted by atomic mass is 32.2. The molecular formula is C9H11NOS2. The van der Waals surface area contributed by atoms with Crippen LogP contribution >= 0.6 is 24.0 Å². The average molecular weight is 213 g/mol. The predicted molar refractivity (Wildman–Crippen MR) is 58.8 cm³/mol. The smallest absolute Gasteiger partial charge is 0.289 e. The van der Waals surface area contributed by atoms with Gasteiger partial charge in [0.25, 0.3) is 5.24 Å². The van der Waals surface area contributed by atoms with Gasteiger partial charge in [-0.25, -0.2) is 0 Å². The molecule has 1 aliphatic heterocycles. The molecule has 0 bridgehead atoms. The van der Waals surface area contributed by atoms with E-state index >= 15 is 0 Å². The van der Waals surface area contributed by atoms with E-state index in [0.29, 0.717) is 4.99 Å². The van der Waals surface area contributed by atoms with E-state index in [1.54, 1.807) is 0 Å².